The molecule has 0 spiro atoms. The fraction of sp³-hybridized carbons (Fsp3) is 0.400. The van der Waals surface area contributed by atoms with Gasteiger partial charge in [0.25, 0.3) is 6.43 Å². The molecule has 0 aliphatic heterocycles. The fourth-order valence-electron chi connectivity index (χ4n) is 1.43. The van der Waals surface area contributed by atoms with Crippen LogP contribution in [0.25, 0.3) is 0 Å². The number of hydrogen-bond donors (Lipinski definition) is 2. The Labute approximate surface area is 91.1 Å². The summed E-state index contributed by atoms with van der Waals surface area (Å²) < 4.78 is 25.2. The number of rotatable bonds is 4. The molecule has 0 saturated carbocycles. The van der Waals surface area contributed by atoms with Gasteiger partial charge in [-0.05, 0) is 18.1 Å². The normalized spacial score (nSPS) is 10.8. The minimum atomic E-state index is -2.90. The smallest absolute Gasteiger partial charge is 0.337 e. The Bertz CT molecular complexity index is 408. The van der Waals surface area contributed by atoms with E-state index in [2.05, 4.69) is 4.98 Å². The second-order valence-electron chi connectivity index (χ2n) is 3.19. The molecule has 0 aliphatic carbocycles. The monoisotopic (exact) mass is 230 g/mol. The van der Waals surface area contributed by atoms with Gasteiger partial charge in [-0.3, -0.25) is 4.98 Å². The molecule has 88 valence electrons. The van der Waals surface area contributed by atoms with Gasteiger partial charge in [-0.15, -0.1) is 0 Å². The molecular weight excluding hydrogens is 218 g/mol. The van der Waals surface area contributed by atoms with E-state index in [9.17, 15) is 13.6 Å². The van der Waals surface area contributed by atoms with Gasteiger partial charge in [0.05, 0.1) is 5.56 Å². The first-order chi connectivity index (χ1) is 7.51. The van der Waals surface area contributed by atoms with Gasteiger partial charge in [-0.25, -0.2) is 13.6 Å². The highest BCUT2D eigenvalue weighted by molar-refractivity contribution is 5.89. The molecule has 6 heteroatoms. The van der Waals surface area contributed by atoms with Crippen LogP contribution in [0.1, 0.15) is 40.7 Å². The van der Waals surface area contributed by atoms with E-state index < -0.39 is 23.7 Å². The maximum absolute atomic E-state index is 12.6. The summed E-state index contributed by atoms with van der Waals surface area (Å²) in [6.07, 6.45) is -2.46. The van der Waals surface area contributed by atoms with Crippen molar-refractivity contribution in [2.24, 2.45) is 5.73 Å². The van der Waals surface area contributed by atoms with E-state index in [1.165, 1.54) is 6.07 Å². The highest BCUT2D eigenvalue weighted by atomic mass is 19.3. The zero-order valence-electron chi connectivity index (χ0n) is 8.70. The maximum Gasteiger partial charge on any atom is 0.337 e. The van der Waals surface area contributed by atoms with Crippen LogP contribution in [0.5, 0.6) is 0 Å². The van der Waals surface area contributed by atoms with Crippen molar-refractivity contribution in [1.82, 2.24) is 4.98 Å². The van der Waals surface area contributed by atoms with Crippen LogP contribution in [0.4, 0.5) is 8.78 Å². The molecule has 0 amide bonds. The molecule has 0 aliphatic rings. The SMILES string of the molecule is CCc1nc(C(F)F)c(C(=O)O)cc1CN. The number of pyridine rings is 1. The molecule has 0 radical (unpaired) electrons. The van der Waals surface area contributed by atoms with Crippen molar-refractivity contribution in [1.29, 1.82) is 0 Å². The summed E-state index contributed by atoms with van der Waals surface area (Å²) in [5.74, 6) is -1.42. The van der Waals surface area contributed by atoms with Crippen LogP contribution in [-0.4, -0.2) is 16.1 Å². The van der Waals surface area contributed by atoms with Crippen LogP contribution in [0, 0.1) is 0 Å². The molecule has 0 atom stereocenters. The second-order valence-corrected chi connectivity index (χ2v) is 3.19. The van der Waals surface area contributed by atoms with Gasteiger partial charge in [-0.1, -0.05) is 6.92 Å². The van der Waals surface area contributed by atoms with Crippen LogP contribution >= 0.6 is 0 Å². The van der Waals surface area contributed by atoms with Gasteiger partial charge in [-0.2, -0.15) is 0 Å². The van der Waals surface area contributed by atoms with Crippen LogP contribution in [0.3, 0.4) is 0 Å². The van der Waals surface area contributed by atoms with Gasteiger partial charge >= 0.3 is 5.97 Å². The predicted octanol–water partition coefficient (Wildman–Crippen LogP) is 1.74. The number of aryl methyl sites for hydroxylation is 1. The van der Waals surface area contributed by atoms with E-state index in [0.29, 0.717) is 17.7 Å². The van der Waals surface area contributed by atoms with Crippen LogP contribution in [-0.2, 0) is 13.0 Å². The number of aromatic nitrogens is 1. The highest BCUT2D eigenvalue weighted by Crippen LogP contribution is 2.23. The molecular formula is C10H12F2N2O2. The van der Waals surface area contributed by atoms with Crippen molar-refractivity contribution in [2.45, 2.75) is 26.3 Å². The number of carbonyl (C=O) groups is 1. The molecule has 1 aromatic heterocycles. The lowest BCUT2D eigenvalue weighted by Gasteiger charge is -2.10. The summed E-state index contributed by atoms with van der Waals surface area (Å²) in [5, 5.41) is 8.78. The summed E-state index contributed by atoms with van der Waals surface area (Å²) >= 11 is 0. The summed E-state index contributed by atoms with van der Waals surface area (Å²) in [7, 11) is 0. The number of halogens is 2. The summed E-state index contributed by atoms with van der Waals surface area (Å²) in [5.41, 5.74) is 5.14. The number of carboxylic acids is 1. The molecule has 16 heavy (non-hydrogen) atoms. The predicted molar refractivity (Wildman–Crippen MR) is 53.4 cm³/mol. The number of nitrogens with zero attached hydrogens (tertiary/aromatic N) is 1. The standard InChI is InChI=1S/C10H12F2N2O2/c1-2-7-5(4-13)3-6(10(15)16)8(14-7)9(11)12/h3,9H,2,4,13H2,1H3,(H,15,16). The summed E-state index contributed by atoms with van der Waals surface area (Å²) in [6.45, 7) is 1.83. The van der Waals surface area contributed by atoms with Crippen LogP contribution in [0.15, 0.2) is 6.07 Å². The number of nitrogens with two attached hydrogens (primary N) is 1. The molecule has 1 aromatic rings. The molecule has 0 aromatic carbocycles. The van der Waals surface area contributed by atoms with Crippen LogP contribution < -0.4 is 5.73 Å². The van der Waals surface area contributed by atoms with Crippen molar-refractivity contribution in [3.63, 3.8) is 0 Å². The highest BCUT2D eigenvalue weighted by Gasteiger charge is 2.21. The lowest BCUT2D eigenvalue weighted by Crippen LogP contribution is -2.12. The number of carboxylic acid groups (broad SMARTS) is 1. The van der Waals surface area contributed by atoms with E-state index in [1.807, 2.05) is 0 Å². The topological polar surface area (TPSA) is 76.2 Å². The van der Waals surface area contributed by atoms with E-state index in [4.69, 9.17) is 10.8 Å². The molecule has 1 heterocycles. The van der Waals surface area contributed by atoms with Gasteiger partial charge in [0.15, 0.2) is 0 Å². The van der Waals surface area contributed by atoms with Crippen molar-refractivity contribution in [3.8, 4) is 0 Å². The Morgan fingerprint density at radius 2 is 2.25 bits per heavy atom. The maximum atomic E-state index is 12.6. The third kappa shape index (κ3) is 2.33. The first-order valence-electron chi connectivity index (χ1n) is 4.75. The molecule has 0 saturated heterocycles. The lowest BCUT2D eigenvalue weighted by molar-refractivity contribution is 0.0682. The zero-order chi connectivity index (χ0) is 12.3. The first-order valence-corrected chi connectivity index (χ1v) is 4.75. The van der Waals surface area contributed by atoms with Crippen molar-refractivity contribution in [2.75, 3.05) is 0 Å². The fourth-order valence-corrected chi connectivity index (χ4v) is 1.43. The van der Waals surface area contributed by atoms with E-state index >= 15 is 0 Å². The average Bonchev–Trinajstić information content (AvgIpc) is 2.26. The quantitative estimate of drug-likeness (QED) is 0.825. The lowest BCUT2D eigenvalue weighted by atomic mass is 10.1. The molecule has 1 rings (SSSR count). The largest absolute Gasteiger partial charge is 0.478 e. The van der Waals surface area contributed by atoms with E-state index in [0.717, 1.165) is 0 Å². The molecule has 0 bridgehead atoms. The average molecular weight is 230 g/mol. The third-order valence-electron chi connectivity index (χ3n) is 2.21. The number of hydrogen-bond acceptors (Lipinski definition) is 3. The second kappa shape index (κ2) is 4.98. The van der Waals surface area contributed by atoms with Gasteiger partial charge in [0.1, 0.15) is 5.69 Å². The van der Waals surface area contributed by atoms with E-state index in [-0.39, 0.29) is 6.54 Å². The number of aromatic carboxylic acids is 1. The van der Waals surface area contributed by atoms with Crippen molar-refractivity contribution in [3.05, 3.63) is 28.6 Å². The molecule has 0 unspecified atom stereocenters. The molecule has 4 nitrogen and oxygen atoms in total. The summed E-state index contributed by atoms with van der Waals surface area (Å²) in [4.78, 5) is 14.5. The molecule has 3 N–H and O–H groups in total. The van der Waals surface area contributed by atoms with Crippen LogP contribution in [0.2, 0.25) is 0 Å². The minimum absolute atomic E-state index is 0.0833. The van der Waals surface area contributed by atoms with Crippen molar-refractivity contribution >= 4 is 5.97 Å². The van der Waals surface area contributed by atoms with Gasteiger partial charge in [0.2, 0.25) is 0 Å². The third-order valence-corrected chi connectivity index (χ3v) is 2.21. The zero-order valence-corrected chi connectivity index (χ0v) is 8.70. The van der Waals surface area contributed by atoms with Gasteiger partial charge in [0, 0.05) is 12.2 Å². The minimum Gasteiger partial charge on any atom is -0.478 e. The Balaban J connectivity index is 3.41. The molecule has 0 fully saturated rings. The van der Waals surface area contributed by atoms with Gasteiger partial charge < -0.3 is 10.8 Å². The summed E-state index contributed by atoms with van der Waals surface area (Å²) in [6, 6.07) is 1.18. The Hall–Kier alpha value is -1.56. The first kappa shape index (κ1) is 12.5. The number of alkyl halides is 2. The van der Waals surface area contributed by atoms with Crippen molar-refractivity contribution < 1.29 is 18.7 Å². The van der Waals surface area contributed by atoms with E-state index in [1.54, 1.807) is 6.92 Å². The Kier molecular flexibility index (Phi) is 3.89. The Morgan fingerprint density at radius 1 is 1.62 bits per heavy atom. The Morgan fingerprint density at radius 3 is 2.62 bits per heavy atom.